The topological polar surface area (TPSA) is 45.7 Å². The molecule has 1 saturated heterocycles. The van der Waals surface area contributed by atoms with Gasteiger partial charge in [0.25, 0.3) is 5.91 Å². The molecule has 1 fully saturated rings. The summed E-state index contributed by atoms with van der Waals surface area (Å²) in [4.78, 5) is 21.8. The van der Waals surface area contributed by atoms with Crippen LogP contribution >= 0.6 is 34.5 Å². The van der Waals surface area contributed by atoms with E-state index in [-0.39, 0.29) is 5.91 Å². The van der Waals surface area contributed by atoms with E-state index in [1.807, 2.05) is 24.0 Å². The quantitative estimate of drug-likeness (QED) is 0.587. The molecule has 0 N–H and O–H groups in total. The summed E-state index contributed by atoms with van der Waals surface area (Å²) in [6.45, 7) is 4.67. The van der Waals surface area contributed by atoms with Crippen LogP contribution in [0.3, 0.4) is 0 Å². The fourth-order valence-corrected chi connectivity index (χ4v) is 4.74. The molecular formula is C20H19Cl2N3O2S. The normalized spacial score (nSPS) is 14.6. The van der Waals surface area contributed by atoms with Crippen LogP contribution in [-0.2, 0) is 0 Å². The molecule has 2 aromatic carbocycles. The number of rotatable bonds is 3. The summed E-state index contributed by atoms with van der Waals surface area (Å²) >= 11 is 13.9. The highest BCUT2D eigenvalue weighted by molar-refractivity contribution is 7.22. The van der Waals surface area contributed by atoms with E-state index in [2.05, 4.69) is 4.90 Å². The lowest BCUT2D eigenvalue weighted by molar-refractivity contribution is 0.0743. The maximum Gasteiger partial charge on any atom is 0.257 e. The van der Waals surface area contributed by atoms with Crippen LogP contribution in [0.25, 0.3) is 10.2 Å². The minimum atomic E-state index is -0.0640. The molecule has 0 unspecified atom stereocenters. The van der Waals surface area contributed by atoms with Gasteiger partial charge in [0, 0.05) is 36.2 Å². The Morgan fingerprint density at radius 1 is 1.14 bits per heavy atom. The van der Waals surface area contributed by atoms with Crippen LogP contribution in [0.1, 0.15) is 15.9 Å². The van der Waals surface area contributed by atoms with Crippen LogP contribution in [-0.4, -0.2) is 49.1 Å². The second-order valence-corrected chi connectivity index (χ2v) is 8.49. The first-order valence-electron chi connectivity index (χ1n) is 8.91. The van der Waals surface area contributed by atoms with Gasteiger partial charge < -0.3 is 14.5 Å². The van der Waals surface area contributed by atoms with Gasteiger partial charge in [-0.2, -0.15) is 0 Å². The van der Waals surface area contributed by atoms with Gasteiger partial charge in [0.2, 0.25) is 0 Å². The molecule has 0 atom stereocenters. The van der Waals surface area contributed by atoms with Gasteiger partial charge in [-0.25, -0.2) is 4.98 Å². The Hall–Kier alpha value is -2.02. The number of aromatic nitrogens is 1. The fraction of sp³-hybridized carbons (Fsp3) is 0.300. The van der Waals surface area contributed by atoms with Crippen LogP contribution in [0.2, 0.25) is 10.0 Å². The highest BCUT2D eigenvalue weighted by Crippen LogP contribution is 2.34. The summed E-state index contributed by atoms with van der Waals surface area (Å²) in [6.07, 6.45) is 0. The van der Waals surface area contributed by atoms with Crippen molar-refractivity contribution >= 4 is 55.8 Å². The molecule has 1 aliphatic rings. The van der Waals surface area contributed by atoms with Gasteiger partial charge in [-0.05, 0) is 42.8 Å². The van der Waals surface area contributed by atoms with Gasteiger partial charge in [0.1, 0.15) is 5.75 Å². The number of carbonyl (C=O) groups excluding carboxylic acids is 1. The Kier molecular flexibility index (Phi) is 5.36. The molecule has 1 aromatic heterocycles. The Bertz CT molecular complexity index is 1050. The SMILES string of the molecule is COc1ccc(Cl)cc1C(=O)N1CCN(c2nc3c(C)c(Cl)ccc3s2)CC1. The number of benzene rings is 2. The molecule has 8 heteroatoms. The van der Waals surface area contributed by atoms with Gasteiger partial charge in [-0.1, -0.05) is 34.5 Å². The summed E-state index contributed by atoms with van der Waals surface area (Å²) in [7, 11) is 1.55. The second-order valence-electron chi connectivity index (χ2n) is 6.64. The highest BCUT2D eigenvalue weighted by Gasteiger charge is 2.26. The largest absolute Gasteiger partial charge is 0.496 e. The summed E-state index contributed by atoms with van der Waals surface area (Å²) in [5, 5.41) is 2.22. The number of carbonyl (C=O) groups is 1. The molecule has 1 amide bonds. The number of aryl methyl sites for hydroxylation is 1. The maximum atomic E-state index is 12.9. The van der Waals surface area contributed by atoms with E-state index >= 15 is 0 Å². The average Bonchev–Trinajstić information content (AvgIpc) is 3.15. The molecular weight excluding hydrogens is 417 g/mol. The molecule has 3 aromatic rings. The molecule has 2 heterocycles. The van der Waals surface area contributed by atoms with Crippen LogP contribution in [0.5, 0.6) is 5.75 Å². The molecule has 5 nitrogen and oxygen atoms in total. The van der Waals surface area contributed by atoms with Gasteiger partial charge >= 0.3 is 0 Å². The molecule has 0 bridgehead atoms. The third-order valence-electron chi connectivity index (χ3n) is 4.97. The monoisotopic (exact) mass is 435 g/mol. The zero-order valence-corrected chi connectivity index (χ0v) is 17.9. The van der Waals surface area contributed by atoms with E-state index in [4.69, 9.17) is 32.9 Å². The molecule has 0 saturated carbocycles. The number of fused-ring (bicyclic) bond motifs is 1. The number of amides is 1. The molecule has 0 aliphatic carbocycles. The number of piperazine rings is 1. The standard InChI is InChI=1S/C20H19Cl2N3O2S/c1-12-15(22)4-6-17-18(12)23-20(28-17)25-9-7-24(8-10-25)19(26)14-11-13(21)3-5-16(14)27-2/h3-6,11H,7-10H2,1-2H3. The lowest BCUT2D eigenvalue weighted by Gasteiger charge is -2.34. The molecule has 146 valence electrons. The number of halogens is 2. The maximum absolute atomic E-state index is 12.9. The summed E-state index contributed by atoms with van der Waals surface area (Å²) in [5.41, 5.74) is 2.45. The molecule has 28 heavy (non-hydrogen) atoms. The first kappa shape index (κ1) is 19.3. The van der Waals surface area contributed by atoms with Crippen molar-refractivity contribution in [3.05, 3.63) is 51.5 Å². The zero-order valence-electron chi connectivity index (χ0n) is 15.5. The van der Waals surface area contributed by atoms with Gasteiger partial charge in [0.15, 0.2) is 5.13 Å². The van der Waals surface area contributed by atoms with E-state index in [0.717, 1.165) is 39.0 Å². The second kappa shape index (κ2) is 7.78. The van der Waals surface area contributed by atoms with E-state index in [9.17, 15) is 4.79 Å². The van der Waals surface area contributed by atoms with Crippen LogP contribution in [0.4, 0.5) is 5.13 Å². The van der Waals surface area contributed by atoms with Gasteiger partial charge in [-0.15, -0.1) is 0 Å². The average molecular weight is 436 g/mol. The molecule has 4 rings (SSSR count). The summed E-state index contributed by atoms with van der Waals surface area (Å²) in [6, 6.07) is 9.03. The number of ether oxygens (including phenoxy) is 1. The van der Waals surface area contributed by atoms with Crippen molar-refractivity contribution in [2.75, 3.05) is 38.2 Å². The van der Waals surface area contributed by atoms with Crippen molar-refractivity contribution in [2.45, 2.75) is 6.92 Å². The Balaban J connectivity index is 1.50. The van der Waals surface area contributed by atoms with E-state index in [1.165, 1.54) is 0 Å². The van der Waals surface area contributed by atoms with Gasteiger partial charge in [-0.3, -0.25) is 4.79 Å². The predicted octanol–water partition coefficient (Wildman–Crippen LogP) is 4.88. The predicted molar refractivity (Wildman–Crippen MR) is 115 cm³/mol. The number of methoxy groups -OCH3 is 1. The Morgan fingerprint density at radius 2 is 1.89 bits per heavy atom. The molecule has 1 aliphatic heterocycles. The number of hydrogen-bond donors (Lipinski definition) is 0. The zero-order chi connectivity index (χ0) is 19.8. The first-order chi connectivity index (χ1) is 13.5. The number of nitrogens with zero attached hydrogens (tertiary/aromatic N) is 3. The van der Waals surface area contributed by atoms with Crippen molar-refractivity contribution in [1.82, 2.24) is 9.88 Å². The summed E-state index contributed by atoms with van der Waals surface area (Å²) < 4.78 is 6.45. The van der Waals surface area contributed by atoms with Crippen LogP contribution < -0.4 is 9.64 Å². The van der Waals surface area contributed by atoms with E-state index in [1.54, 1.807) is 36.6 Å². The summed E-state index contributed by atoms with van der Waals surface area (Å²) in [5.74, 6) is 0.473. The van der Waals surface area contributed by atoms with Crippen LogP contribution in [0.15, 0.2) is 30.3 Å². The van der Waals surface area contributed by atoms with Crippen LogP contribution in [0, 0.1) is 6.92 Å². The van der Waals surface area contributed by atoms with Crippen molar-refractivity contribution in [3.8, 4) is 5.75 Å². The van der Waals surface area contributed by atoms with Crippen molar-refractivity contribution < 1.29 is 9.53 Å². The lowest BCUT2D eigenvalue weighted by atomic mass is 10.1. The minimum absolute atomic E-state index is 0.0640. The first-order valence-corrected chi connectivity index (χ1v) is 10.5. The molecule has 0 spiro atoms. The Labute approximate surface area is 177 Å². The highest BCUT2D eigenvalue weighted by atomic mass is 35.5. The number of anilines is 1. The molecule has 0 radical (unpaired) electrons. The van der Waals surface area contributed by atoms with Gasteiger partial charge in [0.05, 0.1) is 22.9 Å². The lowest BCUT2D eigenvalue weighted by Crippen LogP contribution is -2.48. The number of thiazole rings is 1. The van der Waals surface area contributed by atoms with Crippen molar-refractivity contribution in [2.24, 2.45) is 0 Å². The minimum Gasteiger partial charge on any atom is -0.496 e. The number of hydrogen-bond acceptors (Lipinski definition) is 5. The third kappa shape index (κ3) is 3.52. The van der Waals surface area contributed by atoms with E-state index in [0.29, 0.717) is 29.4 Å². The van der Waals surface area contributed by atoms with Crippen molar-refractivity contribution in [1.29, 1.82) is 0 Å². The smallest absolute Gasteiger partial charge is 0.257 e. The fourth-order valence-electron chi connectivity index (χ4n) is 3.34. The van der Waals surface area contributed by atoms with Crippen molar-refractivity contribution in [3.63, 3.8) is 0 Å². The third-order valence-corrected chi connectivity index (χ3v) is 6.69. The Morgan fingerprint density at radius 3 is 2.61 bits per heavy atom. The van der Waals surface area contributed by atoms with E-state index < -0.39 is 0 Å².